The maximum absolute atomic E-state index is 11.8. The number of benzene rings is 1. The average molecular weight is 292 g/mol. The van der Waals surface area contributed by atoms with E-state index in [1.54, 1.807) is 25.2 Å². The van der Waals surface area contributed by atoms with E-state index >= 15 is 0 Å². The van der Waals surface area contributed by atoms with Crippen LogP contribution in [0.25, 0.3) is 0 Å². The first kappa shape index (κ1) is 15.3. The van der Waals surface area contributed by atoms with Gasteiger partial charge in [-0.3, -0.25) is 4.79 Å². The van der Waals surface area contributed by atoms with Gasteiger partial charge < -0.3 is 10.6 Å². The van der Waals surface area contributed by atoms with Gasteiger partial charge >= 0.3 is 0 Å². The summed E-state index contributed by atoms with van der Waals surface area (Å²) >= 11 is 0. The Morgan fingerprint density at radius 3 is 2.27 bits per heavy atom. The minimum absolute atomic E-state index is 0.200. The van der Waals surface area contributed by atoms with E-state index in [4.69, 9.17) is 0 Å². The third-order valence-electron chi connectivity index (χ3n) is 3.71. The molecule has 1 aliphatic heterocycles. The highest BCUT2D eigenvalue weighted by atomic mass is 16.1. The molecule has 110 valence electrons. The average Bonchev–Trinajstić information content (AvgIpc) is 2.53. The van der Waals surface area contributed by atoms with E-state index in [0.717, 1.165) is 17.0 Å². The smallest absolute Gasteiger partial charge is 0.251 e. The van der Waals surface area contributed by atoms with Crippen LogP contribution in [0, 0.1) is 22.7 Å². The van der Waals surface area contributed by atoms with Gasteiger partial charge in [-0.1, -0.05) is 12.1 Å². The summed E-state index contributed by atoms with van der Waals surface area (Å²) in [5.74, 6) is -0.643. The largest absolute Gasteiger partial charge is 0.361 e. The molecule has 0 fully saturated rings. The van der Waals surface area contributed by atoms with Crippen molar-refractivity contribution in [1.82, 2.24) is 10.6 Å². The molecule has 2 N–H and O–H groups in total. The van der Waals surface area contributed by atoms with Gasteiger partial charge in [0.25, 0.3) is 5.91 Å². The lowest BCUT2D eigenvalue weighted by Gasteiger charge is -2.26. The number of hydrogen-bond acceptors (Lipinski definition) is 4. The van der Waals surface area contributed by atoms with Crippen molar-refractivity contribution in [3.05, 3.63) is 57.9 Å². The third kappa shape index (κ3) is 2.57. The van der Waals surface area contributed by atoms with Crippen LogP contribution in [-0.4, -0.2) is 13.0 Å². The van der Waals surface area contributed by atoms with Crippen LogP contribution >= 0.6 is 0 Å². The number of nitrogens with one attached hydrogen (secondary N) is 2. The summed E-state index contributed by atoms with van der Waals surface area (Å²) in [5.41, 5.74) is 3.72. The van der Waals surface area contributed by atoms with Crippen LogP contribution in [0.2, 0.25) is 0 Å². The molecule has 1 aliphatic rings. The first-order valence-electron chi connectivity index (χ1n) is 6.84. The Morgan fingerprint density at radius 2 is 1.77 bits per heavy atom. The summed E-state index contributed by atoms with van der Waals surface area (Å²) in [6.45, 7) is 3.62. The van der Waals surface area contributed by atoms with Crippen LogP contribution in [0.3, 0.4) is 0 Å². The topological polar surface area (TPSA) is 88.7 Å². The Morgan fingerprint density at radius 1 is 1.18 bits per heavy atom. The molecule has 0 spiro atoms. The number of nitriles is 2. The molecule has 0 aromatic heterocycles. The van der Waals surface area contributed by atoms with E-state index in [-0.39, 0.29) is 5.91 Å². The van der Waals surface area contributed by atoms with Crippen LogP contribution in [0.5, 0.6) is 0 Å². The highest BCUT2D eigenvalue weighted by Crippen LogP contribution is 2.37. The van der Waals surface area contributed by atoms with E-state index in [0.29, 0.717) is 16.7 Å². The standard InChI is InChI=1S/C17H16N4O/c1-10-14(8-18)16(15(9-19)11(2)21-10)12-5-4-6-13(7-12)17(22)20-3/h4-7,16,21H,1-3H3,(H,20,22). The van der Waals surface area contributed by atoms with E-state index in [1.807, 2.05) is 19.9 Å². The Bertz CT molecular complexity index is 739. The highest BCUT2D eigenvalue weighted by molar-refractivity contribution is 5.94. The summed E-state index contributed by atoms with van der Waals surface area (Å²) < 4.78 is 0. The second kappa shape index (κ2) is 6.15. The minimum Gasteiger partial charge on any atom is -0.361 e. The van der Waals surface area contributed by atoms with Crippen LogP contribution in [-0.2, 0) is 0 Å². The van der Waals surface area contributed by atoms with Gasteiger partial charge in [-0.05, 0) is 31.5 Å². The molecule has 1 amide bonds. The molecule has 22 heavy (non-hydrogen) atoms. The van der Waals surface area contributed by atoms with Crippen molar-refractivity contribution in [2.24, 2.45) is 0 Å². The second-order valence-corrected chi connectivity index (χ2v) is 5.06. The molecule has 0 unspecified atom stereocenters. The molecule has 5 heteroatoms. The number of amides is 1. The van der Waals surface area contributed by atoms with Gasteiger partial charge in [0.15, 0.2) is 0 Å². The van der Waals surface area contributed by atoms with E-state index in [1.165, 1.54) is 0 Å². The normalized spacial score (nSPS) is 15.0. The summed E-state index contributed by atoms with van der Waals surface area (Å²) in [6.07, 6.45) is 0. The molecular weight excluding hydrogens is 276 g/mol. The second-order valence-electron chi connectivity index (χ2n) is 5.06. The predicted molar refractivity (Wildman–Crippen MR) is 82.3 cm³/mol. The molecule has 0 saturated heterocycles. The van der Waals surface area contributed by atoms with Crippen LogP contribution < -0.4 is 10.6 Å². The zero-order chi connectivity index (χ0) is 16.3. The van der Waals surface area contributed by atoms with Gasteiger partial charge in [-0.25, -0.2) is 0 Å². The van der Waals surface area contributed by atoms with Gasteiger partial charge in [-0.2, -0.15) is 10.5 Å². The highest BCUT2D eigenvalue weighted by Gasteiger charge is 2.29. The molecule has 0 saturated carbocycles. The van der Waals surface area contributed by atoms with Crippen molar-refractivity contribution < 1.29 is 4.79 Å². The Balaban J connectivity index is 2.62. The first-order valence-corrected chi connectivity index (χ1v) is 6.84. The number of allylic oxidation sites excluding steroid dienone is 4. The summed E-state index contributed by atoms with van der Waals surface area (Å²) in [4.78, 5) is 11.8. The maximum Gasteiger partial charge on any atom is 0.251 e. The summed E-state index contributed by atoms with van der Waals surface area (Å²) in [7, 11) is 1.56. The van der Waals surface area contributed by atoms with Crippen molar-refractivity contribution in [2.45, 2.75) is 19.8 Å². The maximum atomic E-state index is 11.8. The lowest BCUT2D eigenvalue weighted by atomic mass is 9.81. The van der Waals surface area contributed by atoms with Crippen molar-refractivity contribution in [3.63, 3.8) is 0 Å². The minimum atomic E-state index is -0.444. The molecule has 0 radical (unpaired) electrons. The SMILES string of the molecule is CNC(=O)c1cccc(C2C(C#N)=C(C)NC(C)=C2C#N)c1. The van der Waals surface area contributed by atoms with E-state index in [9.17, 15) is 15.3 Å². The lowest BCUT2D eigenvalue weighted by Crippen LogP contribution is -2.24. The third-order valence-corrected chi connectivity index (χ3v) is 3.71. The number of rotatable bonds is 2. The van der Waals surface area contributed by atoms with Gasteiger partial charge in [0.05, 0.1) is 29.2 Å². The monoisotopic (exact) mass is 292 g/mol. The van der Waals surface area contributed by atoms with Crippen LogP contribution in [0.1, 0.15) is 35.7 Å². The van der Waals surface area contributed by atoms with Crippen LogP contribution in [0.4, 0.5) is 0 Å². The van der Waals surface area contributed by atoms with Crippen LogP contribution in [0.15, 0.2) is 46.8 Å². The predicted octanol–water partition coefficient (Wildman–Crippen LogP) is 2.33. The van der Waals surface area contributed by atoms with Crippen molar-refractivity contribution in [1.29, 1.82) is 10.5 Å². The van der Waals surface area contributed by atoms with E-state index in [2.05, 4.69) is 22.8 Å². The fraction of sp³-hybridized carbons (Fsp3) is 0.235. The first-order chi connectivity index (χ1) is 10.5. The molecule has 5 nitrogen and oxygen atoms in total. The number of nitrogens with zero attached hydrogens (tertiary/aromatic N) is 2. The summed E-state index contributed by atoms with van der Waals surface area (Å²) in [5, 5.41) is 24.6. The Hall–Kier alpha value is -3.05. The fourth-order valence-corrected chi connectivity index (χ4v) is 2.63. The molecule has 0 aliphatic carbocycles. The van der Waals surface area contributed by atoms with Gasteiger partial charge in [0.1, 0.15) is 0 Å². The van der Waals surface area contributed by atoms with Crippen molar-refractivity contribution in [2.75, 3.05) is 7.05 Å². The summed E-state index contributed by atoms with van der Waals surface area (Å²) in [6, 6.07) is 11.4. The molecule has 0 bridgehead atoms. The molecule has 0 atom stereocenters. The quantitative estimate of drug-likeness (QED) is 0.875. The number of hydrogen-bond donors (Lipinski definition) is 2. The van der Waals surface area contributed by atoms with E-state index < -0.39 is 5.92 Å². The van der Waals surface area contributed by atoms with Gasteiger partial charge in [0, 0.05) is 24.0 Å². The number of carbonyl (C=O) groups excluding carboxylic acids is 1. The lowest BCUT2D eigenvalue weighted by molar-refractivity contribution is 0.0963. The number of carbonyl (C=O) groups is 1. The van der Waals surface area contributed by atoms with Crippen molar-refractivity contribution >= 4 is 5.91 Å². The number of dihydropyridines is 1. The molecular formula is C17H16N4O. The van der Waals surface area contributed by atoms with Crippen molar-refractivity contribution in [3.8, 4) is 12.1 Å². The Kier molecular flexibility index (Phi) is 4.29. The molecule has 2 rings (SSSR count). The molecule has 1 aromatic rings. The zero-order valence-electron chi connectivity index (χ0n) is 12.7. The van der Waals surface area contributed by atoms with Gasteiger partial charge in [-0.15, -0.1) is 0 Å². The van der Waals surface area contributed by atoms with Gasteiger partial charge in [0.2, 0.25) is 0 Å². The zero-order valence-corrected chi connectivity index (χ0v) is 12.7. The molecule has 1 aromatic carbocycles. The Labute approximate surface area is 129 Å². The fourth-order valence-electron chi connectivity index (χ4n) is 2.63. The molecule has 1 heterocycles.